The fourth-order valence-electron chi connectivity index (χ4n) is 3.59. The average Bonchev–Trinajstić information content (AvgIpc) is 3.03. The SMILES string of the molecule is OCc1cc2c(ccc3c4cc5ccccc5cc4ccc23)[nH]1. The minimum absolute atomic E-state index is 0.0361. The molecule has 0 aliphatic heterocycles. The monoisotopic (exact) mass is 297 g/mol. The maximum atomic E-state index is 9.37. The quantitative estimate of drug-likeness (QED) is 0.327. The molecule has 110 valence electrons. The maximum Gasteiger partial charge on any atom is 0.0831 e. The van der Waals surface area contributed by atoms with Gasteiger partial charge in [0, 0.05) is 16.6 Å². The first-order valence-electron chi connectivity index (χ1n) is 7.80. The number of nitrogens with one attached hydrogen (secondary N) is 1. The van der Waals surface area contributed by atoms with E-state index in [4.69, 9.17) is 0 Å². The van der Waals surface area contributed by atoms with Crippen LogP contribution in [0.1, 0.15) is 5.69 Å². The number of aromatic amines is 1. The number of fused-ring (bicyclic) bond motifs is 6. The van der Waals surface area contributed by atoms with Gasteiger partial charge in [-0.2, -0.15) is 0 Å². The lowest BCUT2D eigenvalue weighted by Crippen LogP contribution is -1.80. The van der Waals surface area contributed by atoms with E-state index in [-0.39, 0.29) is 6.61 Å². The Hall–Kier alpha value is -2.84. The number of aromatic nitrogens is 1. The summed E-state index contributed by atoms with van der Waals surface area (Å²) < 4.78 is 0. The summed E-state index contributed by atoms with van der Waals surface area (Å²) in [5.41, 5.74) is 1.92. The summed E-state index contributed by atoms with van der Waals surface area (Å²) in [5, 5.41) is 18.1. The van der Waals surface area contributed by atoms with E-state index in [9.17, 15) is 5.11 Å². The molecule has 0 unspecified atom stereocenters. The molecule has 2 nitrogen and oxygen atoms in total. The Morgan fingerprint density at radius 3 is 2.22 bits per heavy atom. The van der Waals surface area contributed by atoms with Crippen LogP contribution in [0.2, 0.25) is 0 Å². The second-order valence-corrected chi connectivity index (χ2v) is 6.06. The van der Waals surface area contributed by atoms with Crippen LogP contribution in [0.3, 0.4) is 0 Å². The van der Waals surface area contributed by atoms with Crippen molar-refractivity contribution in [3.8, 4) is 0 Å². The standard InChI is InChI=1S/C21H15NO/c23-12-16-11-20-18-6-5-15-9-13-3-1-2-4-14(13)10-19(15)17(18)7-8-21(20)22-16/h1-11,22-23H,12H2. The summed E-state index contributed by atoms with van der Waals surface area (Å²) in [4.78, 5) is 3.27. The Labute approximate surface area is 133 Å². The van der Waals surface area contributed by atoms with Gasteiger partial charge in [0.15, 0.2) is 0 Å². The van der Waals surface area contributed by atoms with Crippen LogP contribution in [-0.4, -0.2) is 10.1 Å². The Morgan fingerprint density at radius 1 is 0.652 bits per heavy atom. The summed E-state index contributed by atoms with van der Waals surface area (Å²) in [6.45, 7) is 0.0361. The topological polar surface area (TPSA) is 36.0 Å². The van der Waals surface area contributed by atoms with Gasteiger partial charge in [0.2, 0.25) is 0 Å². The third kappa shape index (κ3) is 1.79. The molecular weight excluding hydrogens is 282 g/mol. The number of hydrogen-bond acceptors (Lipinski definition) is 1. The molecule has 2 heteroatoms. The van der Waals surface area contributed by atoms with E-state index in [1.54, 1.807) is 0 Å². The van der Waals surface area contributed by atoms with E-state index < -0.39 is 0 Å². The van der Waals surface area contributed by atoms with Crippen molar-refractivity contribution >= 4 is 43.2 Å². The summed E-state index contributed by atoms with van der Waals surface area (Å²) in [5.74, 6) is 0. The maximum absolute atomic E-state index is 9.37. The van der Waals surface area contributed by atoms with E-state index >= 15 is 0 Å². The fraction of sp³-hybridized carbons (Fsp3) is 0.0476. The third-order valence-corrected chi connectivity index (χ3v) is 4.71. The number of rotatable bonds is 1. The van der Waals surface area contributed by atoms with Gasteiger partial charge in [-0.25, -0.2) is 0 Å². The van der Waals surface area contributed by atoms with Crippen LogP contribution in [0.25, 0.3) is 43.2 Å². The Morgan fingerprint density at radius 2 is 1.39 bits per heavy atom. The molecule has 0 bridgehead atoms. The lowest BCUT2D eigenvalue weighted by molar-refractivity contribution is 0.278. The van der Waals surface area contributed by atoms with Gasteiger partial charge in [0.25, 0.3) is 0 Å². The third-order valence-electron chi connectivity index (χ3n) is 4.71. The Balaban J connectivity index is 1.96. The molecule has 0 fully saturated rings. The second kappa shape index (κ2) is 4.58. The summed E-state index contributed by atoms with van der Waals surface area (Å²) >= 11 is 0. The van der Waals surface area contributed by atoms with Gasteiger partial charge in [-0.05, 0) is 56.6 Å². The number of aliphatic hydroxyl groups excluding tert-OH is 1. The van der Waals surface area contributed by atoms with Crippen molar-refractivity contribution < 1.29 is 5.11 Å². The molecule has 0 saturated heterocycles. The van der Waals surface area contributed by atoms with Crippen molar-refractivity contribution in [3.63, 3.8) is 0 Å². The van der Waals surface area contributed by atoms with E-state index in [1.807, 2.05) is 6.07 Å². The van der Waals surface area contributed by atoms with Crippen LogP contribution in [0.4, 0.5) is 0 Å². The van der Waals surface area contributed by atoms with Gasteiger partial charge in [0.1, 0.15) is 0 Å². The summed E-state index contributed by atoms with van der Waals surface area (Å²) in [6.07, 6.45) is 0. The normalized spacial score (nSPS) is 11.9. The lowest BCUT2D eigenvalue weighted by atomic mass is 9.97. The van der Waals surface area contributed by atoms with Crippen LogP contribution in [0.5, 0.6) is 0 Å². The van der Waals surface area contributed by atoms with Crippen molar-refractivity contribution in [2.24, 2.45) is 0 Å². The predicted octanol–water partition coefficient (Wildman–Crippen LogP) is 5.12. The number of hydrogen-bond donors (Lipinski definition) is 2. The molecule has 0 aliphatic carbocycles. The van der Waals surface area contributed by atoms with Crippen molar-refractivity contribution in [3.05, 3.63) is 72.4 Å². The van der Waals surface area contributed by atoms with Gasteiger partial charge in [0.05, 0.1) is 6.61 Å². The summed E-state index contributed by atoms with van der Waals surface area (Å²) in [6, 6.07) is 23.7. The first-order chi connectivity index (χ1) is 11.3. The Kier molecular flexibility index (Phi) is 2.52. The first-order valence-corrected chi connectivity index (χ1v) is 7.80. The van der Waals surface area contributed by atoms with E-state index in [0.717, 1.165) is 11.2 Å². The second-order valence-electron chi connectivity index (χ2n) is 6.06. The fourth-order valence-corrected chi connectivity index (χ4v) is 3.59. The number of H-pyrrole nitrogens is 1. The smallest absolute Gasteiger partial charge is 0.0831 e. The number of benzene rings is 4. The molecule has 23 heavy (non-hydrogen) atoms. The zero-order valence-corrected chi connectivity index (χ0v) is 12.5. The highest BCUT2D eigenvalue weighted by Crippen LogP contribution is 2.33. The van der Waals surface area contributed by atoms with Gasteiger partial charge in [-0.3, -0.25) is 0 Å². The molecule has 2 N–H and O–H groups in total. The van der Waals surface area contributed by atoms with Gasteiger partial charge in [-0.15, -0.1) is 0 Å². The minimum Gasteiger partial charge on any atom is -0.390 e. The number of aliphatic hydroxyl groups is 1. The van der Waals surface area contributed by atoms with E-state index in [1.165, 1.54) is 37.7 Å². The van der Waals surface area contributed by atoms with E-state index in [0.29, 0.717) is 0 Å². The molecule has 1 aromatic heterocycles. The highest BCUT2D eigenvalue weighted by molar-refractivity contribution is 6.18. The molecule has 0 saturated carbocycles. The van der Waals surface area contributed by atoms with Crippen LogP contribution < -0.4 is 0 Å². The Bertz CT molecular complexity index is 1200. The minimum atomic E-state index is 0.0361. The highest BCUT2D eigenvalue weighted by Gasteiger charge is 2.08. The molecule has 0 radical (unpaired) electrons. The van der Waals surface area contributed by atoms with Crippen molar-refractivity contribution in [1.29, 1.82) is 0 Å². The molecule has 5 rings (SSSR count). The van der Waals surface area contributed by atoms with Crippen LogP contribution in [0.15, 0.2) is 66.7 Å². The predicted molar refractivity (Wildman–Crippen MR) is 96.7 cm³/mol. The molecule has 0 atom stereocenters. The zero-order chi connectivity index (χ0) is 15.4. The average molecular weight is 297 g/mol. The molecule has 1 heterocycles. The zero-order valence-electron chi connectivity index (χ0n) is 12.5. The largest absolute Gasteiger partial charge is 0.390 e. The van der Waals surface area contributed by atoms with Crippen LogP contribution >= 0.6 is 0 Å². The molecule has 0 spiro atoms. The van der Waals surface area contributed by atoms with E-state index in [2.05, 4.69) is 65.6 Å². The van der Waals surface area contributed by atoms with Gasteiger partial charge in [-0.1, -0.05) is 42.5 Å². The van der Waals surface area contributed by atoms with Crippen molar-refractivity contribution in [2.75, 3.05) is 0 Å². The van der Waals surface area contributed by atoms with Crippen molar-refractivity contribution in [1.82, 2.24) is 4.98 Å². The lowest BCUT2D eigenvalue weighted by Gasteiger charge is -2.07. The molecule has 5 aromatic rings. The van der Waals surface area contributed by atoms with Crippen LogP contribution in [0, 0.1) is 0 Å². The van der Waals surface area contributed by atoms with Crippen molar-refractivity contribution in [2.45, 2.75) is 6.61 Å². The molecular formula is C21H15NO. The molecule has 0 amide bonds. The van der Waals surface area contributed by atoms with Gasteiger partial charge < -0.3 is 10.1 Å². The summed E-state index contributed by atoms with van der Waals surface area (Å²) in [7, 11) is 0. The van der Waals surface area contributed by atoms with Gasteiger partial charge >= 0.3 is 0 Å². The highest BCUT2D eigenvalue weighted by atomic mass is 16.3. The van der Waals surface area contributed by atoms with Crippen LogP contribution in [-0.2, 0) is 6.61 Å². The molecule has 0 aliphatic rings. The molecule has 4 aromatic carbocycles. The first kappa shape index (κ1) is 12.7.